The Morgan fingerprint density at radius 1 is 2.14 bits per heavy atom. The van der Waals surface area contributed by atoms with Crippen molar-refractivity contribution in [1.82, 2.24) is 0 Å². The van der Waals surface area contributed by atoms with Crippen LogP contribution < -0.4 is 0 Å². The van der Waals surface area contributed by atoms with Crippen molar-refractivity contribution in [3.8, 4) is 0 Å². The van der Waals surface area contributed by atoms with Gasteiger partial charge in [-0.25, -0.2) is 0 Å². The Kier molecular flexibility index (Phi) is 2.45. The van der Waals surface area contributed by atoms with Gasteiger partial charge in [0, 0.05) is 6.42 Å². The standard InChI is InChI=1S/C5H10O2/c1-3-5(2)7-4-6/h6H,2-4H2,1H3/i6D. The Morgan fingerprint density at radius 3 is 3.29 bits per heavy atom. The molecule has 0 fully saturated rings. The molecule has 0 saturated heterocycles. The summed E-state index contributed by atoms with van der Waals surface area (Å²) in [5, 5.41) is 3.88. The third-order valence-electron chi connectivity index (χ3n) is 0.657. The van der Waals surface area contributed by atoms with Crippen LogP contribution in [0.2, 0.25) is 0 Å². The Balaban J connectivity index is 2.99. The molecule has 0 aliphatic heterocycles. The Labute approximate surface area is 44.9 Å². The fraction of sp³-hybridized carbons (Fsp3) is 0.600. The van der Waals surface area contributed by atoms with Gasteiger partial charge in [0.1, 0.15) is 0 Å². The molecule has 0 bridgehead atoms. The van der Waals surface area contributed by atoms with E-state index in [2.05, 4.69) is 11.7 Å². The first-order chi connectivity index (χ1) is 3.81. The van der Waals surface area contributed by atoms with E-state index in [0.717, 1.165) is 6.42 Å². The summed E-state index contributed by atoms with van der Waals surface area (Å²) in [6, 6.07) is 0. The van der Waals surface area contributed by atoms with Crippen molar-refractivity contribution >= 4 is 0 Å². The van der Waals surface area contributed by atoms with Crippen molar-refractivity contribution in [2.24, 2.45) is 0 Å². The van der Waals surface area contributed by atoms with Gasteiger partial charge in [0.25, 0.3) is 0 Å². The summed E-state index contributed by atoms with van der Waals surface area (Å²) in [7, 11) is 0. The van der Waals surface area contributed by atoms with Crippen LogP contribution in [-0.4, -0.2) is 13.3 Å². The summed E-state index contributed by atoms with van der Waals surface area (Å²) in [5.74, 6) is 0.650. The van der Waals surface area contributed by atoms with Crippen LogP contribution in [0.4, 0.5) is 0 Å². The molecule has 0 saturated carbocycles. The molecule has 42 valence electrons. The maximum Gasteiger partial charge on any atom is 0.214 e. The summed E-state index contributed by atoms with van der Waals surface area (Å²) < 4.78 is 10.9. The average Bonchev–Trinajstić information content (AvgIpc) is 1.83. The van der Waals surface area contributed by atoms with Gasteiger partial charge in [-0.15, -0.1) is 0 Å². The van der Waals surface area contributed by atoms with E-state index in [1.807, 2.05) is 6.92 Å². The lowest BCUT2D eigenvalue weighted by molar-refractivity contribution is 0.0398. The SMILES string of the molecule is [2H]OCOC(=C)CC. The van der Waals surface area contributed by atoms with E-state index >= 15 is 0 Å². The van der Waals surface area contributed by atoms with Gasteiger partial charge in [0.05, 0.1) is 5.76 Å². The van der Waals surface area contributed by atoms with E-state index in [-0.39, 0.29) is 6.79 Å². The van der Waals surface area contributed by atoms with Crippen LogP contribution >= 0.6 is 0 Å². The predicted molar refractivity (Wildman–Crippen MR) is 27.6 cm³/mol. The van der Waals surface area contributed by atoms with Crippen LogP contribution in [0.1, 0.15) is 13.3 Å². The summed E-state index contributed by atoms with van der Waals surface area (Å²) in [6.45, 7) is 5.43. The molecule has 0 aromatic rings. The van der Waals surface area contributed by atoms with E-state index in [4.69, 9.17) is 6.17 Å². The smallest absolute Gasteiger partial charge is 0.214 e. The van der Waals surface area contributed by atoms with Crippen molar-refractivity contribution in [2.45, 2.75) is 13.3 Å². The summed E-state index contributed by atoms with van der Waals surface area (Å²) >= 11 is 0. The molecule has 7 heavy (non-hydrogen) atoms. The van der Waals surface area contributed by atoms with Gasteiger partial charge in [-0.2, -0.15) is 0 Å². The minimum Gasteiger partial charge on any atom is -0.473 e. The minimum absolute atomic E-state index is 0.0212. The highest BCUT2D eigenvalue weighted by Crippen LogP contribution is 1.95. The van der Waals surface area contributed by atoms with Gasteiger partial charge < -0.3 is 9.85 Å². The first-order valence-electron chi connectivity index (χ1n) is 2.60. The van der Waals surface area contributed by atoms with Gasteiger partial charge in [-0.3, -0.25) is 0 Å². The van der Waals surface area contributed by atoms with Gasteiger partial charge in [-0.1, -0.05) is 13.5 Å². The number of aliphatic hydroxyl groups excluding tert-OH is 1. The maximum atomic E-state index is 6.20. The molecule has 0 atom stereocenters. The van der Waals surface area contributed by atoms with Gasteiger partial charge in [0.15, 0.2) is 6.79 Å². The quantitative estimate of drug-likeness (QED) is 0.422. The summed E-state index contributed by atoms with van der Waals surface area (Å²) in [4.78, 5) is 0. The van der Waals surface area contributed by atoms with E-state index in [1.54, 1.807) is 0 Å². The van der Waals surface area contributed by atoms with Crippen LogP contribution in [0.5, 0.6) is 0 Å². The second kappa shape index (κ2) is 3.68. The molecule has 1 N–H and O–H groups in total. The van der Waals surface area contributed by atoms with E-state index in [9.17, 15) is 0 Å². The third-order valence-corrected chi connectivity index (χ3v) is 0.657. The molecule has 0 rings (SSSR count). The number of allylic oxidation sites excluding steroid dienone is 1. The Hall–Kier alpha value is -0.500. The summed E-state index contributed by atoms with van der Waals surface area (Å²) in [5.41, 5.74) is 0. The molecular weight excluding hydrogens is 92.1 g/mol. The number of ether oxygens (including phenoxy) is 1. The monoisotopic (exact) mass is 103 g/mol. The van der Waals surface area contributed by atoms with Crippen molar-refractivity contribution in [2.75, 3.05) is 6.79 Å². The lowest BCUT2D eigenvalue weighted by atomic mass is 10.4. The molecule has 2 nitrogen and oxygen atoms in total. The summed E-state index contributed by atoms with van der Waals surface area (Å²) in [6.07, 6.45) is 0.767. The highest BCUT2D eigenvalue weighted by Gasteiger charge is 1.83. The predicted octanol–water partition coefficient (Wildman–Crippen LogP) is 0.877. The van der Waals surface area contributed by atoms with Crippen molar-refractivity contribution < 1.29 is 9.85 Å². The van der Waals surface area contributed by atoms with Gasteiger partial charge in [-0.05, 0) is 0 Å². The second-order valence-corrected chi connectivity index (χ2v) is 1.15. The first-order valence-corrected chi connectivity index (χ1v) is 2.20. The van der Waals surface area contributed by atoms with Gasteiger partial charge >= 0.3 is 0 Å². The molecule has 0 unspecified atom stereocenters. The van der Waals surface area contributed by atoms with Crippen molar-refractivity contribution in [3.63, 3.8) is 0 Å². The van der Waals surface area contributed by atoms with E-state index in [1.165, 1.54) is 0 Å². The molecule has 0 aliphatic rings. The zero-order chi connectivity index (χ0) is 6.41. The van der Waals surface area contributed by atoms with E-state index in [0.29, 0.717) is 5.76 Å². The van der Waals surface area contributed by atoms with Gasteiger partial charge in [0.2, 0.25) is 1.43 Å². The largest absolute Gasteiger partial charge is 0.473 e. The minimum atomic E-state index is -0.0212. The number of hydrogen-bond acceptors (Lipinski definition) is 2. The van der Waals surface area contributed by atoms with Crippen LogP contribution in [0.15, 0.2) is 12.3 Å². The number of hydrogen-bond donors (Lipinski definition) is 1. The van der Waals surface area contributed by atoms with Crippen molar-refractivity contribution in [1.29, 1.82) is 1.43 Å². The van der Waals surface area contributed by atoms with Crippen molar-refractivity contribution in [3.05, 3.63) is 12.3 Å². The molecule has 0 radical (unpaired) electrons. The molecule has 0 amide bonds. The molecule has 0 spiro atoms. The normalized spacial score (nSPS) is 10.1. The molecule has 0 aromatic heterocycles. The zero-order valence-electron chi connectivity index (χ0n) is 5.44. The van der Waals surface area contributed by atoms with Crippen LogP contribution in [0.3, 0.4) is 0 Å². The molecule has 0 heterocycles. The van der Waals surface area contributed by atoms with E-state index < -0.39 is 0 Å². The molecular formula is C5H10O2. The third kappa shape index (κ3) is 3.33. The highest BCUT2D eigenvalue weighted by molar-refractivity contribution is 4.78. The van der Waals surface area contributed by atoms with Crippen LogP contribution in [0, 0.1) is 0 Å². The second-order valence-electron chi connectivity index (χ2n) is 1.15. The Morgan fingerprint density at radius 2 is 2.86 bits per heavy atom. The zero-order valence-corrected chi connectivity index (χ0v) is 4.44. The fourth-order valence-electron chi connectivity index (χ4n) is 0.185. The Bertz CT molecular complexity index is 72.8. The average molecular weight is 103 g/mol. The maximum absolute atomic E-state index is 6.20. The topological polar surface area (TPSA) is 29.5 Å². The lowest BCUT2D eigenvalue weighted by Gasteiger charge is -1.99. The highest BCUT2D eigenvalue weighted by atomic mass is 16.6. The molecule has 2 heteroatoms. The molecule has 0 aliphatic carbocycles. The van der Waals surface area contributed by atoms with Crippen LogP contribution in [0.25, 0.3) is 0 Å². The fourth-order valence-corrected chi connectivity index (χ4v) is 0.185. The lowest BCUT2D eigenvalue weighted by Crippen LogP contribution is -1.89. The molecule has 0 aromatic carbocycles. The number of aliphatic hydroxyl groups is 1. The first kappa shape index (κ1) is 4.65. The van der Waals surface area contributed by atoms with Crippen LogP contribution in [-0.2, 0) is 4.74 Å². The number of rotatable bonds is 4.